The third-order valence-electron chi connectivity index (χ3n) is 5.29. The second-order valence-electron chi connectivity index (χ2n) is 7.52. The summed E-state index contributed by atoms with van der Waals surface area (Å²) in [6, 6.07) is 18.6. The maximum atomic E-state index is 13.9. The molecule has 5 rings (SSSR count). The van der Waals surface area contributed by atoms with E-state index in [0.29, 0.717) is 11.2 Å². The Morgan fingerprint density at radius 3 is 2.54 bits per heavy atom. The summed E-state index contributed by atoms with van der Waals surface area (Å²) in [6.07, 6.45) is 0. The quantitative estimate of drug-likeness (QED) is 0.155. The van der Waals surface area contributed by atoms with Crippen LogP contribution in [-0.2, 0) is 4.79 Å². The van der Waals surface area contributed by atoms with Crippen LogP contribution in [0.5, 0.6) is 0 Å². The summed E-state index contributed by atoms with van der Waals surface area (Å²) in [5.41, 5.74) is 1.29. The lowest BCUT2D eigenvalue weighted by Crippen LogP contribution is -2.23. The van der Waals surface area contributed by atoms with Crippen molar-refractivity contribution in [3.63, 3.8) is 0 Å². The fraction of sp³-hybridized carbons (Fsp3) is 0.0417. The molecule has 0 radical (unpaired) electrons. The van der Waals surface area contributed by atoms with Gasteiger partial charge in [-0.05, 0) is 30.3 Å². The molecule has 0 saturated heterocycles. The molecule has 5 aromatic rings. The maximum Gasteiger partial charge on any atom is 0.283 e. The average Bonchev–Trinajstić information content (AvgIpc) is 3.23. The first-order valence-electron chi connectivity index (χ1n) is 10.4. The number of para-hydroxylation sites is 2. The number of nitro benzene ring substituents is 1. The second kappa shape index (κ2) is 9.03. The van der Waals surface area contributed by atoms with Crippen LogP contribution in [0.15, 0.2) is 82.7 Å². The number of nitrogens with one attached hydrogen (secondary N) is 2. The molecule has 0 aliphatic carbocycles. The predicted octanol–water partition coefficient (Wildman–Crippen LogP) is 4.65. The van der Waals surface area contributed by atoms with E-state index in [-0.39, 0.29) is 27.8 Å². The number of nitro groups is 1. The van der Waals surface area contributed by atoms with Gasteiger partial charge in [0.1, 0.15) is 16.9 Å². The number of carbonyl (C=O) groups excluding carboxylic acids is 1. The van der Waals surface area contributed by atoms with Crippen LogP contribution >= 0.6 is 11.8 Å². The number of benzene rings is 3. The summed E-state index contributed by atoms with van der Waals surface area (Å²) in [7, 11) is 0. The Morgan fingerprint density at radius 1 is 1.09 bits per heavy atom. The summed E-state index contributed by atoms with van der Waals surface area (Å²) < 4.78 is 15.2. The molecule has 11 heteroatoms. The number of non-ortho nitro benzene ring substituents is 1. The molecule has 0 saturated carbocycles. The van der Waals surface area contributed by atoms with Crippen LogP contribution in [0.3, 0.4) is 0 Å². The topological polar surface area (TPSA) is 123 Å². The van der Waals surface area contributed by atoms with Gasteiger partial charge >= 0.3 is 0 Å². The van der Waals surface area contributed by atoms with Crippen molar-refractivity contribution in [3.8, 4) is 5.69 Å². The number of amides is 1. The minimum absolute atomic E-state index is 0.0471. The number of halogens is 1. The second-order valence-corrected chi connectivity index (χ2v) is 8.46. The Balaban J connectivity index is 1.57. The zero-order chi connectivity index (χ0) is 24.5. The van der Waals surface area contributed by atoms with Gasteiger partial charge in [0.25, 0.3) is 11.2 Å². The van der Waals surface area contributed by atoms with Crippen LogP contribution in [0.2, 0.25) is 0 Å². The number of nitrogens with zero attached hydrogens (tertiary/aromatic N) is 3. The SMILES string of the molecule is O=C(CSc1nc2c([nH]c3ccccc32)c(=O)n1-c1ccc([N+](=O)[O-])cc1)Nc1ccccc1F. The smallest absolute Gasteiger partial charge is 0.283 e. The van der Waals surface area contributed by atoms with Gasteiger partial charge in [-0.3, -0.25) is 24.3 Å². The molecule has 0 unspecified atom stereocenters. The third-order valence-corrected chi connectivity index (χ3v) is 6.23. The van der Waals surface area contributed by atoms with Crippen molar-refractivity contribution in [2.24, 2.45) is 0 Å². The van der Waals surface area contributed by atoms with Crippen molar-refractivity contribution < 1.29 is 14.1 Å². The van der Waals surface area contributed by atoms with Crippen LogP contribution in [-0.4, -0.2) is 31.1 Å². The van der Waals surface area contributed by atoms with E-state index in [1.54, 1.807) is 6.07 Å². The fourth-order valence-electron chi connectivity index (χ4n) is 3.67. The van der Waals surface area contributed by atoms with E-state index < -0.39 is 22.2 Å². The van der Waals surface area contributed by atoms with Gasteiger partial charge in [-0.2, -0.15) is 0 Å². The number of aromatic amines is 1. The Labute approximate surface area is 200 Å². The number of H-pyrrole nitrogens is 1. The number of anilines is 1. The molecule has 35 heavy (non-hydrogen) atoms. The molecule has 0 aliphatic heterocycles. The first kappa shape index (κ1) is 22.3. The molecule has 174 valence electrons. The predicted molar refractivity (Wildman–Crippen MR) is 132 cm³/mol. The summed E-state index contributed by atoms with van der Waals surface area (Å²) in [5.74, 6) is -1.20. The summed E-state index contributed by atoms with van der Waals surface area (Å²) in [4.78, 5) is 44.3. The van der Waals surface area contributed by atoms with Gasteiger partial charge < -0.3 is 10.3 Å². The molecule has 2 N–H and O–H groups in total. The van der Waals surface area contributed by atoms with Gasteiger partial charge in [0.15, 0.2) is 5.16 Å². The monoisotopic (exact) mass is 489 g/mol. The van der Waals surface area contributed by atoms with E-state index in [4.69, 9.17) is 0 Å². The molecule has 2 heterocycles. The van der Waals surface area contributed by atoms with E-state index in [1.165, 1.54) is 47.0 Å². The van der Waals surface area contributed by atoms with E-state index >= 15 is 0 Å². The Morgan fingerprint density at radius 2 is 1.80 bits per heavy atom. The average molecular weight is 489 g/mol. The molecule has 0 aliphatic rings. The highest BCUT2D eigenvalue weighted by Gasteiger charge is 2.19. The van der Waals surface area contributed by atoms with Gasteiger partial charge in [0, 0.05) is 23.0 Å². The number of rotatable bonds is 6. The highest BCUT2D eigenvalue weighted by atomic mass is 32.2. The maximum absolute atomic E-state index is 13.9. The Hall–Kier alpha value is -4.51. The minimum atomic E-state index is -0.563. The molecule has 9 nitrogen and oxygen atoms in total. The summed E-state index contributed by atoms with van der Waals surface area (Å²) in [6.45, 7) is 0. The van der Waals surface area contributed by atoms with Crippen LogP contribution in [0.25, 0.3) is 27.6 Å². The Bertz CT molecular complexity index is 1660. The number of aromatic nitrogens is 3. The first-order chi connectivity index (χ1) is 16.9. The standard InChI is InChI=1S/C24H16FN5O4S/c25-17-6-2-4-8-19(17)26-20(31)13-35-24-28-21-16-5-1-3-7-18(16)27-22(21)23(32)29(24)14-9-11-15(12-10-14)30(33)34/h1-12,27H,13H2,(H,26,31). The van der Waals surface area contributed by atoms with Gasteiger partial charge in [-0.25, -0.2) is 9.37 Å². The third kappa shape index (κ3) is 4.24. The van der Waals surface area contributed by atoms with Crippen LogP contribution in [0.4, 0.5) is 15.8 Å². The van der Waals surface area contributed by atoms with Gasteiger partial charge in [-0.15, -0.1) is 0 Å². The van der Waals surface area contributed by atoms with E-state index in [9.17, 15) is 24.1 Å². The lowest BCUT2D eigenvalue weighted by Gasteiger charge is -2.12. The molecule has 0 bridgehead atoms. The minimum Gasteiger partial charge on any atom is -0.349 e. The zero-order valence-electron chi connectivity index (χ0n) is 17.9. The van der Waals surface area contributed by atoms with Crippen LogP contribution < -0.4 is 10.9 Å². The van der Waals surface area contributed by atoms with Gasteiger partial charge in [0.05, 0.1) is 22.1 Å². The summed E-state index contributed by atoms with van der Waals surface area (Å²) >= 11 is 0.996. The van der Waals surface area contributed by atoms with Crippen LogP contribution in [0.1, 0.15) is 0 Å². The molecule has 2 aromatic heterocycles. The van der Waals surface area contributed by atoms with E-state index in [0.717, 1.165) is 22.7 Å². The van der Waals surface area contributed by atoms with Gasteiger partial charge in [0.2, 0.25) is 5.91 Å². The molecular weight excluding hydrogens is 473 g/mol. The molecule has 0 atom stereocenters. The first-order valence-corrected chi connectivity index (χ1v) is 11.4. The highest BCUT2D eigenvalue weighted by Crippen LogP contribution is 2.27. The number of carbonyl (C=O) groups is 1. The fourth-order valence-corrected chi connectivity index (χ4v) is 4.47. The number of hydrogen-bond donors (Lipinski definition) is 2. The van der Waals surface area contributed by atoms with Crippen molar-refractivity contribution in [3.05, 3.63) is 99.1 Å². The van der Waals surface area contributed by atoms with Crippen molar-refractivity contribution in [1.29, 1.82) is 0 Å². The number of thioether (sulfide) groups is 1. The van der Waals surface area contributed by atoms with Crippen molar-refractivity contribution in [2.45, 2.75) is 5.16 Å². The number of hydrogen-bond acceptors (Lipinski definition) is 6. The molecule has 1 amide bonds. The molecule has 0 fully saturated rings. The van der Waals surface area contributed by atoms with Gasteiger partial charge in [-0.1, -0.05) is 42.1 Å². The van der Waals surface area contributed by atoms with Crippen molar-refractivity contribution in [1.82, 2.24) is 14.5 Å². The molecule has 3 aromatic carbocycles. The lowest BCUT2D eigenvalue weighted by molar-refractivity contribution is -0.384. The highest BCUT2D eigenvalue weighted by molar-refractivity contribution is 7.99. The van der Waals surface area contributed by atoms with E-state index in [2.05, 4.69) is 15.3 Å². The largest absolute Gasteiger partial charge is 0.349 e. The number of fused-ring (bicyclic) bond motifs is 3. The van der Waals surface area contributed by atoms with Crippen molar-refractivity contribution in [2.75, 3.05) is 11.1 Å². The normalized spacial score (nSPS) is 11.1. The lowest BCUT2D eigenvalue weighted by atomic mass is 10.2. The van der Waals surface area contributed by atoms with Crippen LogP contribution in [0, 0.1) is 15.9 Å². The zero-order valence-corrected chi connectivity index (χ0v) is 18.7. The molecule has 0 spiro atoms. The summed E-state index contributed by atoms with van der Waals surface area (Å²) in [5, 5.41) is 14.5. The van der Waals surface area contributed by atoms with Crippen molar-refractivity contribution >= 4 is 51.0 Å². The van der Waals surface area contributed by atoms with E-state index in [1.807, 2.05) is 24.3 Å². The Kier molecular flexibility index (Phi) is 5.75. The molecular formula is C24H16FN5O4S.